The summed E-state index contributed by atoms with van der Waals surface area (Å²) in [5.41, 5.74) is 3.66. The minimum absolute atomic E-state index is 0.0604. The van der Waals surface area contributed by atoms with Crippen LogP contribution < -0.4 is 0 Å². The monoisotopic (exact) mass is 355 g/mol. The third-order valence-electron chi connectivity index (χ3n) is 5.23. The predicted molar refractivity (Wildman–Crippen MR) is 96.2 cm³/mol. The van der Waals surface area contributed by atoms with Crippen LogP contribution in [0.25, 0.3) is 0 Å². The van der Waals surface area contributed by atoms with E-state index in [1.807, 2.05) is 31.7 Å². The molecule has 0 saturated carbocycles. The summed E-state index contributed by atoms with van der Waals surface area (Å²) in [6.07, 6.45) is 3.92. The van der Waals surface area contributed by atoms with Gasteiger partial charge in [0.25, 0.3) is 5.91 Å². The summed E-state index contributed by atoms with van der Waals surface area (Å²) in [7, 11) is 0. The van der Waals surface area contributed by atoms with Crippen molar-refractivity contribution in [3.05, 3.63) is 45.9 Å². The van der Waals surface area contributed by atoms with Crippen molar-refractivity contribution in [2.45, 2.75) is 52.6 Å². The van der Waals surface area contributed by atoms with Gasteiger partial charge in [-0.05, 0) is 46.1 Å². The fraction of sp³-hybridized carbons (Fsp3) is 0.550. The number of aromatic nitrogens is 2. The first-order chi connectivity index (χ1) is 12.5. The van der Waals surface area contributed by atoms with E-state index in [-0.39, 0.29) is 12.0 Å². The van der Waals surface area contributed by atoms with Gasteiger partial charge in [0.15, 0.2) is 0 Å². The molecule has 138 valence electrons. The van der Waals surface area contributed by atoms with Crippen molar-refractivity contribution in [3.8, 4) is 0 Å². The molecule has 0 spiro atoms. The summed E-state index contributed by atoms with van der Waals surface area (Å²) in [4.78, 5) is 24.0. The first-order valence-corrected chi connectivity index (χ1v) is 9.37. The Hall–Kier alpha value is -2.21. The van der Waals surface area contributed by atoms with Gasteiger partial charge in [-0.25, -0.2) is 9.97 Å². The number of fused-ring (bicyclic) bond motifs is 1. The molecule has 2 aromatic rings. The maximum atomic E-state index is 13.2. The molecule has 1 amide bonds. The van der Waals surface area contributed by atoms with E-state index in [0.717, 1.165) is 65.5 Å². The van der Waals surface area contributed by atoms with Gasteiger partial charge in [-0.15, -0.1) is 0 Å². The number of carbonyl (C=O) groups excluding carboxylic acids is 1. The summed E-state index contributed by atoms with van der Waals surface area (Å²) in [6, 6.07) is 1.94. The molecule has 0 radical (unpaired) electrons. The van der Waals surface area contributed by atoms with Crippen LogP contribution >= 0.6 is 0 Å². The predicted octanol–water partition coefficient (Wildman–Crippen LogP) is 3.09. The molecule has 4 rings (SSSR count). The molecule has 26 heavy (non-hydrogen) atoms. The highest BCUT2D eigenvalue weighted by Crippen LogP contribution is 2.31. The van der Waals surface area contributed by atoms with Gasteiger partial charge >= 0.3 is 0 Å². The summed E-state index contributed by atoms with van der Waals surface area (Å²) in [5, 5.41) is 0. The zero-order valence-corrected chi connectivity index (χ0v) is 15.7. The number of rotatable bonds is 2. The fourth-order valence-corrected chi connectivity index (χ4v) is 4.06. The van der Waals surface area contributed by atoms with E-state index < -0.39 is 0 Å². The van der Waals surface area contributed by atoms with Crippen LogP contribution in [0.15, 0.2) is 10.5 Å². The third kappa shape index (κ3) is 3.14. The minimum Gasteiger partial charge on any atom is -0.465 e. The van der Waals surface area contributed by atoms with E-state index in [1.165, 1.54) is 0 Å². The fourth-order valence-electron chi connectivity index (χ4n) is 4.06. The van der Waals surface area contributed by atoms with Gasteiger partial charge in [0.05, 0.1) is 24.4 Å². The van der Waals surface area contributed by atoms with Crippen molar-refractivity contribution in [2.24, 2.45) is 0 Å². The Balaban J connectivity index is 1.58. The molecule has 2 aromatic heterocycles. The second kappa shape index (κ2) is 6.83. The van der Waals surface area contributed by atoms with Gasteiger partial charge in [0.2, 0.25) is 0 Å². The van der Waals surface area contributed by atoms with Crippen molar-refractivity contribution in [3.63, 3.8) is 0 Å². The lowest BCUT2D eigenvalue weighted by atomic mass is 9.94. The third-order valence-corrected chi connectivity index (χ3v) is 5.23. The Morgan fingerprint density at radius 1 is 1.19 bits per heavy atom. The van der Waals surface area contributed by atoms with Gasteiger partial charge < -0.3 is 14.1 Å². The van der Waals surface area contributed by atoms with Crippen molar-refractivity contribution in [2.75, 3.05) is 19.7 Å². The molecule has 0 bridgehead atoms. The van der Waals surface area contributed by atoms with Gasteiger partial charge in [-0.1, -0.05) is 0 Å². The molecule has 1 aliphatic carbocycles. The van der Waals surface area contributed by atoms with Crippen LogP contribution in [-0.2, 0) is 17.6 Å². The highest BCUT2D eigenvalue weighted by molar-refractivity contribution is 5.97. The average Bonchev–Trinajstić information content (AvgIpc) is 2.96. The van der Waals surface area contributed by atoms with Crippen LogP contribution in [0.5, 0.6) is 0 Å². The zero-order chi connectivity index (χ0) is 18.3. The van der Waals surface area contributed by atoms with Gasteiger partial charge in [0.1, 0.15) is 23.4 Å². The number of morpholine rings is 1. The molecule has 0 aromatic carbocycles. The van der Waals surface area contributed by atoms with Crippen molar-refractivity contribution in [1.29, 1.82) is 0 Å². The molecular weight excluding hydrogens is 330 g/mol. The van der Waals surface area contributed by atoms with E-state index in [4.69, 9.17) is 9.15 Å². The molecule has 2 aliphatic rings. The Labute approximate surface area is 153 Å². The van der Waals surface area contributed by atoms with Crippen molar-refractivity contribution in [1.82, 2.24) is 14.9 Å². The largest absolute Gasteiger partial charge is 0.465 e. The number of aryl methyl sites for hydroxylation is 4. The van der Waals surface area contributed by atoms with Crippen LogP contribution in [0.4, 0.5) is 0 Å². The molecule has 0 N–H and O–H groups in total. The van der Waals surface area contributed by atoms with Gasteiger partial charge in [-0.3, -0.25) is 4.79 Å². The second-order valence-corrected chi connectivity index (χ2v) is 7.23. The molecule has 3 heterocycles. The van der Waals surface area contributed by atoms with E-state index in [2.05, 4.69) is 9.97 Å². The highest BCUT2D eigenvalue weighted by Gasteiger charge is 2.32. The Morgan fingerprint density at radius 3 is 2.81 bits per heavy atom. The number of carbonyl (C=O) groups is 1. The molecule has 1 atom stereocenters. The van der Waals surface area contributed by atoms with E-state index in [1.54, 1.807) is 0 Å². The second-order valence-electron chi connectivity index (χ2n) is 7.23. The average molecular weight is 355 g/mol. The van der Waals surface area contributed by atoms with E-state index in [9.17, 15) is 4.79 Å². The molecular formula is C20H25N3O3. The summed E-state index contributed by atoms with van der Waals surface area (Å²) in [6.45, 7) is 7.35. The van der Waals surface area contributed by atoms with E-state index >= 15 is 0 Å². The Bertz CT molecular complexity index is 823. The molecule has 0 unspecified atom stereocenters. The molecule has 1 saturated heterocycles. The standard InChI is InChI=1S/C20H25N3O3/c1-12-10-16(22-14(3)21-12)18-11-23(8-9-25-18)20(24)19-13(2)26-17-7-5-4-6-15(17)19/h10,18H,4-9,11H2,1-3H3/t18-/m1/s1. The van der Waals surface area contributed by atoms with Crippen LogP contribution in [0.1, 0.15) is 63.6 Å². The van der Waals surface area contributed by atoms with Crippen molar-refractivity contribution >= 4 is 5.91 Å². The number of hydrogen-bond acceptors (Lipinski definition) is 5. The highest BCUT2D eigenvalue weighted by atomic mass is 16.5. The molecule has 6 heteroatoms. The first-order valence-electron chi connectivity index (χ1n) is 9.37. The molecule has 1 aliphatic heterocycles. The lowest BCUT2D eigenvalue weighted by molar-refractivity contribution is -0.0249. The van der Waals surface area contributed by atoms with Gasteiger partial charge in [-0.2, -0.15) is 0 Å². The number of nitrogens with zero attached hydrogens (tertiary/aromatic N) is 3. The lowest BCUT2D eigenvalue weighted by Gasteiger charge is -2.33. The van der Waals surface area contributed by atoms with Gasteiger partial charge in [0, 0.05) is 24.2 Å². The van der Waals surface area contributed by atoms with Crippen LogP contribution in [0, 0.1) is 20.8 Å². The quantitative estimate of drug-likeness (QED) is 0.828. The maximum absolute atomic E-state index is 13.2. The maximum Gasteiger partial charge on any atom is 0.257 e. The molecule has 1 fully saturated rings. The van der Waals surface area contributed by atoms with Crippen LogP contribution in [-0.4, -0.2) is 40.5 Å². The topological polar surface area (TPSA) is 68.5 Å². The smallest absolute Gasteiger partial charge is 0.257 e. The Morgan fingerprint density at radius 2 is 2.00 bits per heavy atom. The first kappa shape index (κ1) is 17.2. The number of amides is 1. The Kier molecular flexibility index (Phi) is 4.53. The minimum atomic E-state index is -0.212. The van der Waals surface area contributed by atoms with Crippen LogP contribution in [0.2, 0.25) is 0 Å². The van der Waals surface area contributed by atoms with E-state index in [0.29, 0.717) is 19.7 Å². The molecule has 6 nitrogen and oxygen atoms in total. The normalized spacial score (nSPS) is 20.1. The SMILES string of the molecule is Cc1cc([C@H]2CN(C(=O)c3c(C)oc4c3CCCC4)CCO2)nc(C)n1. The number of ether oxygens (including phenoxy) is 1. The summed E-state index contributed by atoms with van der Waals surface area (Å²) < 4.78 is 11.8. The summed E-state index contributed by atoms with van der Waals surface area (Å²) in [5.74, 6) is 2.54. The number of furan rings is 1. The summed E-state index contributed by atoms with van der Waals surface area (Å²) >= 11 is 0. The van der Waals surface area contributed by atoms with Crippen LogP contribution in [0.3, 0.4) is 0 Å². The van der Waals surface area contributed by atoms with Crippen molar-refractivity contribution < 1.29 is 13.9 Å². The lowest BCUT2D eigenvalue weighted by Crippen LogP contribution is -2.43. The zero-order valence-electron chi connectivity index (χ0n) is 15.7. The number of hydrogen-bond donors (Lipinski definition) is 0.